The number of halogens is 2. The Kier molecular flexibility index (Phi) is 3.45. The minimum Gasteiger partial charge on any atom is -0.395 e. The van der Waals surface area contributed by atoms with Crippen molar-refractivity contribution < 1.29 is 18.3 Å². The number of anilines is 1. The Morgan fingerprint density at radius 1 is 1.40 bits per heavy atom. The van der Waals surface area contributed by atoms with Gasteiger partial charge in [-0.05, 0) is 18.6 Å². The summed E-state index contributed by atoms with van der Waals surface area (Å²) in [5.41, 5.74) is 0.661. The molecule has 4 nitrogen and oxygen atoms in total. The molecule has 0 saturated heterocycles. The third-order valence-corrected chi connectivity index (χ3v) is 4.15. The van der Waals surface area contributed by atoms with Crippen LogP contribution in [-0.4, -0.2) is 23.3 Å². The predicted molar refractivity (Wildman–Crippen MR) is 74.9 cm³/mol. The van der Waals surface area contributed by atoms with Gasteiger partial charge in [0.1, 0.15) is 0 Å². The highest BCUT2D eigenvalue weighted by atomic mass is 32.2. The van der Waals surface area contributed by atoms with Crippen molar-refractivity contribution in [3.05, 3.63) is 18.2 Å². The molecule has 3 rings (SSSR count). The van der Waals surface area contributed by atoms with Gasteiger partial charge in [0, 0.05) is 17.0 Å². The van der Waals surface area contributed by atoms with E-state index in [1.807, 2.05) is 0 Å². The summed E-state index contributed by atoms with van der Waals surface area (Å²) < 4.78 is 34.6. The Morgan fingerprint density at radius 3 is 3.00 bits per heavy atom. The molecule has 0 saturated carbocycles. The maximum Gasteiger partial charge on any atom is 0.586 e. The second-order valence-corrected chi connectivity index (χ2v) is 5.92. The molecule has 0 amide bonds. The summed E-state index contributed by atoms with van der Waals surface area (Å²) in [7, 11) is 0. The molecule has 0 radical (unpaired) electrons. The van der Waals surface area contributed by atoms with E-state index in [1.54, 1.807) is 17.8 Å². The smallest absolute Gasteiger partial charge is 0.395 e. The first-order chi connectivity index (χ1) is 9.55. The number of thioether (sulfide) groups is 1. The van der Waals surface area contributed by atoms with Crippen LogP contribution < -0.4 is 14.8 Å². The van der Waals surface area contributed by atoms with Gasteiger partial charge in [0.25, 0.3) is 0 Å². The van der Waals surface area contributed by atoms with Gasteiger partial charge in [-0.15, -0.1) is 8.78 Å². The van der Waals surface area contributed by atoms with Crippen LogP contribution in [0.1, 0.15) is 19.8 Å². The van der Waals surface area contributed by atoms with Crippen molar-refractivity contribution in [2.75, 3.05) is 11.9 Å². The summed E-state index contributed by atoms with van der Waals surface area (Å²) in [6.45, 7) is 2.94. The molecule has 7 heteroatoms. The number of benzene rings is 1. The van der Waals surface area contributed by atoms with Crippen LogP contribution in [0.15, 0.2) is 23.2 Å². The fourth-order valence-electron chi connectivity index (χ4n) is 2.11. The van der Waals surface area contributed by atoms with Gasteiger partial charge in [0.2, 0.25) is 0 Å². The van der Waals surface area contributed by atoms with E-state index >= 15 is 0 Å². The lowest BCUT2D eigenvalue weighted by atomic mass is 10.2. The minimum atomic E-state index is -3.58. The first-order valence-corrected chi connectivity index (χ1v) is 7.32. The molecule has 2 aliphatic heterocycles. The number of rotatable bonds is 3. The van der Waals surface area contributed by atoms with Crippen LogP contribution in [0.4, 0.5) is 14.5 Å². The number of alkyl halides is 2. The van der Waals surface area contributed by atoms with Gasteiger partial charge in [0.05, 0.1) is 6.54 Å². The fourth-order valence-corrected chi connectivity index (χ4v) is 3.25. The lowest BCUT2D eigenvalue weighted by Crippen LogP contribution is -2.25. The third-order valence-electron chi connectivity index (χ3n) is 2.98. The number of aliphatic imine (C=N–C) groups is 1. The second kappa shape index (κ2) is 5.12. The molecule has 0 spiro atoms. The van der Waals surface area contributed by atoms with Crippen LogP contribution in [0.2, 0.25) is 0 Å². The average Bonchev–Trinajstić information content (AvgIpc) is 2.92. The van der Waals surface area contributed by atoms with Gasteiger partial charge in [0.15, 0.2) is 16.7 Å². The molecular weight excluding hydrogens is 286 g/mol. The summed E-state index contributed by atoms with van der Waals surface area (Å²) in [4.78, 5) is 4.40. The number of nitrogens with one attached hydrogen (secondary N) is 1. The van der Waals surface area contributed by atoms with Crippen LogP contribution >= 0.6 is 11.8 Å². The number of nitrogens with zero attached hydrogens (tertiary/aromatic N) is 1. The van der Waals surface area contributed by atoms with Crippen LogP contribution in [-0.2, 0) is 0 Å². The minimum absolute atomic E-state index is 0.0358. The van der Waals surface area contributed by atoms with Crippen LogP contribution in [0.5, 0.6) is 11.5 Å². The lowest BCUT2D eigenvalue weighted by Gasteiger charge is -2.08. The number of hydrogen-bond donors (Lipinski definition) is 1. The molecule has 0 aromatic heterocycles. The molecule has 0 fully saturated rings. The quantitative estimate of drug-likeness (QED) is 0.924. The Balaban J connectivity index is 1.66. The number of fused-ring (bicyclic) bond motifs is 1. The molecule has 0 aliphatic carbocycles. The van der Waals surface area contributed by atoms with Gasteiger partial charge >= 0.3 is 6.29 Å². The maximum absolute atomic E-state index is 12.9. The van der Waals surface area contributed by atoms with E-state index in [-0.39, 0.29) is 11.5 Å². The number of hydrogen-bond acceptors (Lipinski definition) is 5. The molecule has 1 atom stereocenters. The predicted octanol–water partition coefficient (Wildman–Crippen LogP) is 3.69. The molecule has 1 aromatic carbocycles. The largest absolute Gasteiger partial charge is 0.586 e. The molecule has 1 N–H and O–H groups in total. The van der Waals surface area contributed by atoms with Crippen molar-refractivity contribution in [1.29, 1.82) is 0 Å². The summed E-state index contributed by atoms with van der Waals surface area (Å²) in [6, 6.07) is 4.62. The van der Waals surface area contributed by atoms with Crippen molar-refractivity contribution in [3.8, 4) is 11.5 Å². The summed E-state index contributed by atoms with van der Waals surface area (Å²) >= 11 is 1.68. The molecule has 20 heavy (non-hydrogen) atoms. The van der Waals surface area contributed by atoms with Crippen molar-refractivity contribution in [2.24, 2.45) is 4.99 Å². The second-order valence-electron chi connectivity index (χ2n) is 4.63. The summed E-state index contributed by atoms with van der Waals surface area (Å²) in [6.07, 6.45) is -1.33. The van der Waals surface area contributed by atoms with E-state index in [0.29, 0.717) is 10.9 Å². The van der Waals surface area contributed by atoms with Crippen LogP contribution in [0, 0.1) is 0 Å². The first-order valence-electron chi connectivity index (χ1n) is 6.44. The summed E-state index contributed by atoms with van der Waals surface area (Å²) in [5, 5.41) is 4.43. The SMILES string of the molecule is CCCC1CN=C(Nc2ccc3c(c2)OC(F)(F)O3)S1. The van der Waals surface area contributed by atoms with Gasteiger partial charge in [-0.25, -0.2) is 0 Å². The number of ether oxygens (including phenoxy) is 2. The lowest BCUT2D eigenvalue weighted by molar-refractivity contribution is -0.286. The zero-order valence-corrected chi connectivity index (χ0v) is 11.7. The molecule has 0 bridgehead atoms. The zero-order valence-electron chi connectivity index (χ0n) is 10.9. The van der Waals surface area contributed by atoms with Crippen molar-refractivity contribution in [2.45, 2.75) is 31.3 Å². The highest BCUT2D eigenvalue weighted by Gasteiger charge is 2.43. The van der Waals surface area contributed by atoms with E-state index in [2.05, 4.69) is 26.7 Å². The van der Waals surface area contributed by atoms with E-state index < -0.39 is 6.29 Å². The summed E-state index contributed by atoms with van der Waals surface area (Å²) in [5.74, 6) is 0.0825. The number of amidine groups is 1. The molecule has 2 heterocycles. The van der Waals surface area contributed by atoms with E-state index in [0.717, 1.165) is 24.6 Å². The third kappa shape index (κ3) is 2.82. The first kappa shape index (κ1) is 13.5. The highest BCUT2D eigenvalue weighted by Crippen LogP contribution is 2.42. The Labute approximate surface area is 119 Å². The Morgan fingerprint density at radius 2 is 2.20 bits per heavy atom. The van der Waals surface area contributed by atoms with Crippen LogP contribution in [0.3, 0.4) is 0 Å². The van der Waals surface area contributed by atoms with Crippen molar-refractivity contribution in [1.82, 2.24) is 0 Å². The molecule has 1 aromatic rings. The van der Waals surface area contributed by atoms with E-state index in [1.165, 1.54) is 12.1 Å². The topological polar surface area (TPSA) is 42.9 Å². The van der Waals surface area contributed by atoms with E-state index in [4.69, 9.17) is 0 Å². The zero-order chi connectivity index (χ0) is 14.2. The fraction of sp³-hybridized carbons (Fsp3) is 0.462. The van der Waals surface area contributed by atoms with Gasteiger partial charge in [-0.2, -0.15) is 0 Å². The van der Waals surface area contributed by atoms with Crippen molar-refractivity contribution >= 4 is 22.6 Å². The van der Waals surface area contributed by atoms with Gasteiger partial charge in [-0.1, -0.05) is 25.1 Å². The molecular formula is C13H14F2N2O2S. The van der Waals surface area contributed by atoms with E-state index in [9.17, 15) is 8.78 Å². The normalized spacial score (nSPS) is 22.8. The Hall–Kier alpha value is -1.50. The Bertz CT molecular complexity index is 551. The molecule has 108 valence electrons. The standard InChI is InChI=1S/C13H14F2N2O2S/c1-2-3-9-7-16-12(20-9)17-8-4-5-10-11(6-8)19-13(14,15)18-10/h4-6,9H,2-3,7H2,1H3,(H,16,17). The van der Waals surface area contributed by atoms with Gasteiger partial charge in [-0.3, -0.25) is 4.99 Å². The van der Waals surface area contributed by atoms with Gasteiger partial charge < -0.3 is 14.8 Å². The van der Waals surface area contributed by atoms with Crippen LogP contribution in [0.25, 0.3) is 0 Å². The monoisotopic (exact) mass is 300 g/mol. The average molecular weight is 300 g/mol. The molecule has 2 aliphatic rings. The maximum atomic E-state index is 12.9. The van der Waals surface area contributed by atoms with Crippen molar-refractivity contribution in [3.63, 3.8) is 0 Å². The molecule has 1 unspecified atom stereocenters. The highest BCUT2D eigenvalue weighted by molar-refractivity contribution is 8.15.